The van der Waals surface area contributed by atoms with Gasteiger partial charge in [-0.25, -0.2) is 0 Å². The van der Waals surface area contributed by atoms with Crippen LogP contribution in [0.25, 0.3) is 32.7 Å². The minimum atomic E-state index is -0.259. The molecule has 0 fully saturated rings. The third-order valence-corrected chi connectivity index (χ3v) is 8.70. The molecule has 4 aromatic carbocycles. The number of aromatic nitrogens is 2. The molecular weight excluding hydrogens is 556 g/mol. The smallest absolute Gasteiger partial charge is 0.258 e. The van der Waals surface area contributed by atoms with Crippen molar-refractivity contribution in [3.05, 3.63) is 125 Å². The highest BCUT2D eigenvalue weighted by molar-refractivity contribution is 7.17. The monoisotopic (exact) mass is 586 g/mol. The van der Waals surface area contributed by atoms with E-state index in [2.05, 4.69) is 86.5 Å². The normalized spacial score (nSPS) is 13.1. The molecule has 8 heteroatoms. The van der Waals surface area contributed by atoms with Gasteiger partial charge in [-0.3, -0.25) is 9.69 Å². The number of carbonyl (C=O) groups is 1. The molecule has 1 N–H and O–H groups in total. The van der Waals surface area contributed by atoms with E-state index in [1.807, 2.05) is 36.4 Å². The van der Waals surface area contributed by atoms with Crippen LogP contribution in [0, 0.1) is 0 Å². The van der Waals surface area contributed by atoms with Gasteiger partial charge in [-0.2, -0.15) is 0 Å². The van der Waals surface area contributed by atoms with E-state index in [-0.39, 0.29) is 19.1 Å². The van der Waals surface area contributed by atoms with E-state index in [0.717, 1.165) is 42.7 Å². The van der Waals surface area contributed by atoms with Crippen LogP contribution in [0.4, 0.5) is 0 Å². The summed E-state index contributed by atoms with van der Waals surface area (Å²) >= 11 is 1.75. The van der Waals surface area contributed by atoms with Gasteiger partial charge in [0.25, 0.3) is 5.91 Å². The third-order valence-electron chi connectivity index (χ3n) is 7.74. The lowest BCUT2D eigenvalue weighted by atomic mass is 9.98. The molecule has 43 heavy (non-hydrogen) atoms. The number of nitrogens with zero attached hydrogens (tertiary/aromatic N) is 3. The number of carbonyl (C=O) groups excluding carboxylic acids is 1. The van der Waals surface area contributed by atoms with E-state index in [1.54, 1.807) is 11.3 Å². The van der Waals surface area contributed by atoms with Gasteiger partial charge in [-0.1, -0.05) is 66.7 Å². The average molecular weight is 587 g/mol. The van der Waals surface area contributed by atoms with E-state index >= 15 is 0 Å². The minimum Gasteiger partial charge on any atom is -0.483 e. The van der Waals surface area contributed by atoms with Crippen molar-refractivity contribution in [2.75, 3.05) is 13.2 Å². The van der Waals surface area contributed by atoms with E-state index < -0.39 is 0 Å². The van der Waals surface area contributed by atoms with Crippen LogP contribution in [0.1, 0.15) is 22.6 Å². The first-order valence-electron chi connectivity index (χ1n) is 14.4. The molecule has 0 radical (unpaired) electrons. The molecule has 0 aliphatic carbocycles. The summed E-state index contributed by atoms with van der Waals surface area (Å²) in [7, 11) is 0. The zero-order chi connectivity index (χ0) is 29.0. The van der Waals surface area contributed by atoms with Gasteiger partial charge in [0, 0.05) is 46.4 Å². The molecule has 7 rings (SSSR count). The standard InChI is InChI=1S/C35H30N4O3S/c40-33(36-19-34-37-38-35(42-34)25-9-2-1-3-10-25)22-41-31-15-14-26(30-23-43-32-13-7-6-12-29(30)32)18-28(31)21-39-17-16-24-8-4-5-11-27(24)20-39/h1-15,18,23H,16-17,19-22H2,(H,36,40). The maximum atomic E-state index is 12.8. The lowest BCUT2D eigenvalue weighted by molar-refractivity contribution is -0.123. The fraction of sp³-hybridized carbons (Fsp3) is 0.171. The van der Waals surface area contributed by atoms with E-state index in [1.165, 1.54) is 26.8 Å². The number of thiophene rings is 1. The Balaban J connectivity index is 1.06. The number of nitrogens with one attached hydrogen (secondary N) is 1. The maximum absolute atomic E-state index is 12.8. The van der Waals surface area contributed by atoms with Crippen molar-refractivity contribution in [1.29, 1.82) is 0 Å². The van der Waals surface area contributed by atoms with Crippen LogP contribution in [-0.2, 0) is 30.8 Å². The molecule has 6 aromatic rings. The summed E-state index contributed by atoms with van der Waals surface area (Å²) in [6, 6.07) is 33.0. The Labute approximate surface area is 253 Å². The Bertz CT molecular complexity index is 1880. The van der Waals surface area contributed by atoms with Crippen molar-refractivity contribution in [2.45, 2.75) is 26.1 Å². The molecule has 1 amide bonds. The molecule has 0 saturated heterocycles. The Morgan fingerprint density at radius 2 is 1.72 bits per heavy atom. The molecule has 0 unspecified atom stereocenters. The second-order valence-corrected chi connectivity index (χ2v) is 11.5. The molecule has 214 valence electrons. The van der Waals surface area contributed by atoms with Gasteiger partial charge in [-0.15, -0.1) is 21.5 Å². The summed E-state index contributed by atoms with van der Waals surface area (Å²) in [4.78, 5) is 15.2. The van der Waals surface area contributed by atoms with Crippen LogP contribution in [0.5, 0.6) is 5.75 Å². The first-order valence-corrected chi connectivity index (χ1v) is 15.2. The predicted molar refractivity (Wildman–Crippen MR) is 169 cm³/mol. The molecule has 1 aliphatic heterocycles. The highest BCUT2D eigenvalue weighted by Crippen LogP contribution is 2.36. The lowest BCUT2D eigenvalue weighted by Gasteiger charge is -2.29. The predicted octanol–water partition coefficient (Wildman–Crippen LogP) is 6.87. The fourth-order valence-corrected chi connectivity index (χ4v) is 6.50. The Hall–Kier alpha value is -4.79. The minimum absolute atomic E-state index is 0.115. The number of fused-ring (bicyclic) bond motifs is 2. The molecule has 0 spiro atoms. The zero-order valence-corrected chi connectivity index (χ0v) is 24.3. The van der Waals surface area contributed by atoms with Gasteiger partial charge >= 0.3 is 0 Å². The topological polar surface area (TPSA) is 80.5 Å². The first-order chi connectivity index (χ1) is 21.2. The summed E-state index contributed by atoms with van der Waals surface area (Å²) in [5.41, 5.74) is 7.04. The van der Waals surface area contributed by atoms with Gasteiger partial charge in [0.2, 0.25) is 11.8 Å². The number of benzene rings is 4. The molecule has 1 aliphatic rings. The number of amides is 1. The summed E-state index contributed by atoms with van der Waals surface area (Å²) in [5, 5.41) is 14.4. The van der Waals surface area contributed by atoms with E-state index in [9.17, 15) is 4.79 Å². The highest BCUT2D eigenvalue weighted by atomic mass is 32.1. The molecular formula is C35H30N4O3S. The molecule has 2 aromatic heterocycles. The van der Waals surface area contributed by atoms with Gasteiger partial charge in [0.15, 0.2) is 6.61 Å². The van der Waals surface area contributed by atoms with Gasteiger partial charge < -0.3 is 14.5 Å². The van der Waals surface area contributed by atoms with Crippen LogP contribution in [0.15, 0.2) is 107 Å². The van der Waals surface area contributed by atoms with Crippen LogP contribution in [0.3, 0.4) is 0 Å². The van der Waals surface area contributed by atoms with Crippen LogP contribution >= 0.6 is 11.3 Å². The SMILES string of the molecule is O=C(COc1ccc(-c2csc3ccccc23)cc1CN1CCc2ccccc2C1)NCc1nnc(-c2ccccc2)o1. The van der Waals surface area contributed by atoms with Crippen molar-refractivity contribution in [1.82, 2.24) is 20.4 Å². The summed E-state index contributed by atoms with van der Waals surface area (Å²) < 4.78 is 13.1. The molecule has 7 nitrogen and oxygen atoms in total. The summed E-state index contributed by atoms with van der Waals surface area (Å²) in [5.74, 6) is 1.21. The van der Waals surface area contributed by atoms with Gasteiger partial charge in [0.1, 0.15) is 5.75 Å². The highest BCUT2D eigenvalue weighted by Gasteiger charge is 2.19. The molecule has 0 atom stereocenters. The fourth-order valence-electron chi connectivity index (χ4n) is 5.53. The Kier molecular flexibility index (Phi) is 7.69. The summed E-state index contributed by atoms with van der Waals surface area (Å²) in [6.45, 7) is 2.60. The zero-order valence-electron chi connectivity index (χ0n) is 23.5. The number of hydrogen-bond donors (Lipinski definition) is 1. The molecule has 0 bridgehead atoms. The van der Waals surface area contributed by atoms with Gasteiger partial charge in [0.05, 0.1) is 6.54 Å². The quantitative estimate of drug-likeness (QED) is 0.199. The third kappa shape index (κ3) is 6.07. The van der Waals surface area contributed by atoms with Crippen LogP contribution in [-0.4, -0.2) is 34.2 Å². The van der Waals surface area contributed by atoms with E-state index in [0.29, 0.717) is 17.5 Å². The van der Waals surface area contributed by atoms with Crippen molar-refractivity contribution >= 4 is 27.3 Å². The Morgan fingerprint density at radius 3 is 2.63 bits per heavy atom. The largest absolute Gasteiger partial charge is 0.483 e. The number of rotatable bonds is 9. The second kappa shape index (κ2) is 12.2. The molecule has 3 heterocycles. The van der Waals surface area contributed by atoms with Crippen LogP contribution < -0.4 is 10.1 Å². The van der Waals surface area contributed by atoms with Gasteiger partial charge in [-0.05, 0) is 58.8 Å². The number of hydrogen-bond acceptors (Lipinski definition) is 7. The van der Waals surface area contributed by atoms with Crippen molar-refractivity contribution in [3.8, 4) is 28.3 Å². The van der Waals surface area contributed by atoms with Crippen molar-refractivity contribution in [2.24, 2.45) is 0 Å². The number of ether oxygens (including phenoxy) is 1. The molecule has 0 saturated carbocycles. The maximum Gasteiger partial charge on any atom is 0.258 e. The van der Waals surface area contributed by atoms with Crippen molar-refractivity contribution < 1.29 is 13.9 Å². The second-order valence-electron chi connectivity index (χ2n) is 10.6. The average Bonchev–Trinajstić information content (AvgIpc) is 3.71. The lowest BCUT2D eigenvalue weighted by Crippen LogP contribution is -2.31. The van der Waals surface area contributed by atoms with Crippen LogP contribution in [0.2, 0.25) is 0 Å². The van der Waals surface area contributed by atoms with E-state index in [4.69, 9.17) is 9.15 Å². The van der Waals surface area contributed by atoms with Crippen molar-refractivity contribution in [3.63, 3.8) is 0 Å². The first kappa shape index (κ1) is 27.1. The summed E-state index contributed by atoms with van der Waals surface area (Å²) in [6.07, 6.45) is 1.02. The Morgan fingerprint density at radius 1 is 0.907 bits per heavy atom.